The largest absolute Gasteiger partial charge is 0.480 e. The number of carbonyl (C=O) groups is 1. The van der Waals surface area contributed by atoms with Crippen molar-refractivity contribution in [1.29, 1.82) is 0 Å². The van der Waals surface area contributed by atoms with Crippen molar-refractivity contribution in [2.75, 3.05) is 18.4 Å². The Hall–Kier alpha value is -3.42. The van der Waals surface area contributed by atoms with Gasteiger partial charge in [0, 0.05) is 24.8 Å². The van der Waals surface area contributed by atoms with Crippen LogP contribution in [-0.4, -0.2) is 44.6 Å². The van der Waals surface area contributed by atoms with E-state index in [-0.39, 0.29) is 5.91 Å². The molecule has 3 heterocycles. The van der Waals surface area contributed by atoms with Gasteiger partial charge >= 0.3 is 0 Å². The first-order chi connectivity index (χ1) is 14.1. The molecule has 0 aliphatic carbocycles. The maximum Gasteiger partial charge on any atom is 0.261 e. The van der Waals surface area contributed by atoms with E-state index in [1.54, 1.807) is 6.33 Å². The van der Waals surface area contributed by atoms with Crippen LogP contribution in [0.2, 0.25) is 0 Å². The molecule has 1 amide bonds. The van der Waals surface area contributed by atoms with Crippen LogP contribution in [0, 0.1) is 13.8 Å². The zero-order chi connectivity index (χ0) is 20.2. The molecule has 1 aliphatic rings. The van der Waals surface area contributed by atoms with E-state index in [9.17, 15) is 4.79 Å². The normalized spacial score (nSPS) is 15.3. The Morgan fingerprint density at radius 3 is 2.90 bits per heavy atom. The Bertz CT molecular complexity index is 1020. The molecule has 0 bridgehead atoms. The summed E-state index contributed by atoms with van der Waals surface area (Å²) in [5.74, 6) is 2.15. The smallest absolute Gasteiger partial charge is 0.261 e. The number of fused-ring (bicyclic) bond motifs is 1. The molecular weight excluding hydrogens is 368 g/mol. The van der Waals surface area contributed by atoms with E-state index in [1.165, 1.54) is 6.33 Å². The molecule has 2 aromatic heterocycles. The van der Waals surface area contributed by atoms with Crippen LogP contribution in [-0.2, 0) is 11.2 Å². The maximum atomic E-state index is 12.4. The van der Waals surface area contributed by atoms with E-state index in [4.69, 9.17) is 4.74 Å². The summed E-state index contributed by atoms with van der Waals surface area (Å²) in [6.07, 6.45) is 4.36. The average molecular weight is 392 g/mol. The number of carbonyl (C=O) groups excluding carboxylic acids is 1. The number of benzene rings is 1. The molecule has 3 aromatic rings. The number of ether oxygens (including phenoxy) is 1. The van der Waals surface area contributed by atoms with Gasteiger partial charge in [-0.25, -0.2) is 15.0 Å². The number of nitrogens with zero attached hydrogens (tertiary/aromatic N) is 4. The third-order valence-corrected chi connectivity index (χ3v) is 5.09. The van der Waals surface area contributed by atoms with Gasteiger partial charge in [0.15, 0.2) is 6.10 Å². The summed E-state index contributed by atoms with van der Waals surface area (Å²) >= 11 is 0. The van der Waals surface area contributed by atoms with Crippen LogP contribution in [0.1, 0.15) is 23.4 Å². The van der Waals surface area contributed by atoms with Gasteiger partial charge in [0.05, 0.1) is 5.69 Å². The molecular formula is C21H24N6O2. The quantitative estimate of drug-likeness (QED) is 0.625. The number of aromatic nitrogens is 4. The van der Waals surface area contributed by atoms with Crippen LogP contribution in [0.5, 0.6) is 5.75 Å². The van der Waals surface area contributed by atoms with Crippen molar-refractivity contribution in [3.63, 3.8) is 0 Å². The first kappa shape index (κ1) is 18.9. The van der Waals surface area contributed by atoms with Crippen molar-refractivity contribution in [2.24, 2.45) is 0 Å². The highest BCUT2D eigenvalue weighted by atomic mass is 16.5. The number of imidazole rings is 1. The molecule has 2 N–H and O–H groups in total. The minimum Gasteiger partial charge on any atom is -0.480 e. The van der Waals surface area contributed by atoms with Gasteiger partial charge in [0.25, 0.3) is 5.91 Å². The molecule has 1 unspecified atom stereocenters. The lowest BCUT2D eigenvalue weighted by Crippen LogP contribution is -2.42. The van der Waals surface area contributed by atoms with Crippen LogP contribution in [0.4, 0.5) is 5.82 Å². The highest BCUT2D eigenvalue weighted by molar-refractivity contribution is 5.81. The fraction of sp³-hybridized carbons (Fsp3) is 0.333. The Balaban J connectivity index is 1.27. The minimum atomic E-state index is -0.442. The number of aryl methyl sites for hydroxylation is 2. The third-order valence-electron chi connectivity index (χ3n) is 5.09. The van der Waals surface area contributed by atoms with Gasteiger partial charge in [0.2, 0.25) is 0 Å². The van der Waals surface area contributed by atoms with E-state index in [0.29, 0.717) is 25.3 Å². The first-order valence-corrected chi connectivity index (χ1v) is 9.71. The number of nitrogens with one attached hydrogen (secondary N) is 2. The summed E-state index contributed by atoms with van der Waals surface area (Å²) in [4.78, 5) is 25.2. The maximum absolute atomic E-state index is 12.4. The van der Waals surface area contributed by atoms with Gasteiger partial charge in [-0.1, -0.05) is 18.2 Å². The molecule has 8 heteroatoms. The number of hydrogen-bond acceptors (Lipinski definition) is 6. The zero-order valence-electron chi connectivity index (χ0n) is 16.6. The van der Waals surface area contributed by atoms with Gasteiger partial charge in [-0.15, -0.1) is 0 Å². The molecule has 0 saturated heterocycles. The van der Waals surface area contributed by atoms with Gasteiger partial charge in [-0.05, 0) is 38.3 Å². The lowest BCUT2D eigenvalue weighted by atomic mass is 10.0. The number of amides is 1. The lowest BCUT2D eigenvalue weighted by Gasteiger charge is -2.25. The summed E-state index contributed by atoms with van der Waals surface area (Å²) in [5, 5.41) is 6.14. The summed E-state index contributed by atoms with van der Waals surface area (Å²) in [6, 6.07) is 9.72. The molecule has 8 nitrogen and oxygen atoms in total. The van der Waals surface area contributed by atoms with Crippen molar-refractivity contribution >= 4 is 11.7 Å². The fourth-order valence-corrected chi connectivity index (χ4v) is 3.30. The number of hydrogen-bond donors (Lipinski definition) is 2. The van der Waals surface area contributed by atoms with E-state index in [2.05, 4.69) is 25.6 Å². The first-order valence-electron chi connectivity index (χ1n) is 9.71. The highest BCUT2D eigenvalue weighted by Crippen LogP contribution is 2.27. The summed E-state index contributed by atoms with van der Waals surface area (Å²) in [5.41, 5.74) is 3.16. The molecule has 1 aliphatic heterocycles. The van der Waals surface area contributed by atoms with Crippen molar-refractivity contribution in [3.8, 4) is 11.6 Å². The molecule has 29 heavy (non-hydrogen) atoms. The minimum absolute atomic E-state index is 0.0887. The standard InChI is InChI=1S/C21H24N6O2/c1-14-15(2)27(13-26-14)20-11-19(24-12-25-20)22-9-10-23-21(28)18-8-7-16-5-3-4-6-17(16)29-18/h3-6,11-13,18H,7-10H2,1-2H3,(H,23,28)(H,22,24,25). The third kappa shape index (κ3) is 4.21. The zero-order valence-corrected chi connectivity index (χ0v) is 16.6. The molecule has 0 radical (unpaired) electrons. The van der Waals surface area contributed by atoms with Crippen LogP contribution in [0.3, 0.4) is 0 Å². The van der Waals surface area contributed by atoms with Crippen molar-refractivity contribution in [3.05, 3.63) is 59.9 Å². The number of anilines is 1. The number of para-hydroxylation sites is 1. The predicted molar refractivity (Wildman–Crippen MR) is 109 cm³/mol. The van der Waals surface area contributed by atoms with Crippen LogP contribution >= 0.6 is 0 Å². The monoisotopic (exact) mass is 392 g/mol. The summed E-state index contributed by atoms with van der Waals surface area (Å²) < 4.78 is 7.74. The second-order valence-corrected chi connectivity index (χ2v) is 7.02. The SMILES string of the molecule is Cc1ncn(-c2cc(NCCNC(=O)C3CCc4ccccc4O3)ncn2)c1C. The van der Waals surface area contributed by atoms with Crippen molar-refractivity contribution in [2.45, 2.75) is 32.8 Å². The average Bonchev–Trinajstić information content (AvgIpc) is 3.09. The lowest BCUT2D eigenvalue weighted by molar-refractivity contribution is -0.128. The molecule has 0 spiro atoms. The second-order valence-electron chi connectivity index (χ2n) is 7.02. The second kappa shape index (κ2) is 8.30. The molecule has 1 aromatic carbocycles. The molecule has 0 saturated carbocycles. The predicted octanol–water partition coefficient (Wildman–Crippen LogP) is 2.20. The molecule has 0 fully saturated rings. The van der Waals surface area contributed by atoms with E-state index < -0.39 is 6.10 Å². The summed E-state index contributed by atoms with van der Waals surface area (Å²) in [6.45, 7) is 4.98. The van der Waals surface area contributed by atoms with E-state index >= 15 is 0 Å². The van der Waals surface area contributed by atoms with Crippen molar-refractivity contribution < 1.29 is 9.53 Å². The van der Waals surface area contributed by atoms with Crippen molar-refractivity contribution in [1.82, 2.24) is 24.8 Å². The summed E-state index contributed by atoms with van der Waals surface area (Å²) in [7, 11) is 0. The molecule has 150 valence electrons. The Labute approximate surface area is 169 Å². The van der Waals surface area contributed by atoms with Gasteiger partial charge in [-0.2, -0.15) is 0 Å². The van der Waals surface area contributed by atoms with Gasteiger partial charge in [-0.3, -0.25) is 9.36 Å². The Morgan fingerprint density at radius 1 is 1.21 bits per heavy atom. The van der Waals surface area contributed by atoms with Crippen LogP contribution < -0.4 is 15.4 Å². The topological polar surface area (TPSA) is 94.0 Å². The fourth-order valence-electron chi connectivity index (χ4n) is 3.30. The van der Waals surface area contributed by atoms with Crippen LogP contribution in [0.15, 0.2) is 43.0 Å². The van der Waals surface area contributed by atoms with E-state index in [0.717, 1.165) is 34.9 Å². The van der Waals surface area contributed by atoms with Crippen LogP contribution in [0.25, 0.3) is 5.82 Å². The Kier molecular flexibility index (Phi) is 5.41. The van der Waals surface area contributed by atoms with Gasteiger partial charge < -0.3 is 15.4 Å². The molecule has 4 rings (SSSR count). The van der Waals surface area contributed by atoms with Gasteiger partial charge in [0.1, 0.15) is 30.0 Å². The molecule has 1 atom stereocenters. The Morgan fingerprint density at radius 2 is 2.07 bits per heavy atom. The highest BCUT2D eigenvalue weighted by Gasteiger charge is 2.25. The van der Waals surface area contributed by atoms with E-state index in [1.807, 2.05) is 48.7 Å². The number of rotatable bonds is 6.